The van der Waals surface area contributed by atoms with Gasteiger partial charge in [-0.1, -0.05) is 0 Å². The summed E-state index contributed by atoms with van der Waals surface area (Å²) in [6.45, 7) is 4.54. The van der Waals surface area contributed by atoms with Crippen molar-refractivity contribution < 1.29 is 32.3 Å². The molecule has 0 fully saturated rings. The molecule has 0 atom stereocenters. The smallest absolute Gasteiger partial charge is 0.269 e. The van der Waals surface area contributed by atoms with E-state index in [1.807, 2.05) is 0 Å². The molecule has 2 rings (SSSR count). The van der Waals surface area contributed by atoms with Gasteiger partial charge < -0.3 is 0 Å². The molecule has 82 valence electrons. The summed E-state index contributed by atoms with van der Waals surface area (Å²) in [7, 11) is 0. The van der Waals surface area contributed by atoms with Gasteiger partial charge in [0, 0.05) is 0 Å². The summed E-state index contributed by atoms with van der Waals surface area (Å²) in [6, 6.07) is 0. The van der Waals surface area contributed by atoms with E-state index in [0.717, 1.165) is 0 Å². The molecule has 3 heteroatoms. The monoisotopic (exact) mass is 378 g/mol. The third-order valence-corrected chi connectivity index (χ3v) is 9.10. The van der Waals surface area contributed by atoms with E-state index in [4.69, 9.17) is 0 Å². The molecule has 0 amide bonds. The summed E-state index contributed by atoms with van der Waals surface area (Å²) in [5, 5.41) is 0. The molecule has 0 aromatic carbocycles. The van der Waals surface area contributed by atoms with Crippen LogP contribution in [0.5, 0.6) is 0 Å². The third-order valence-electron chi connectivity index (χ3n) is 2.63. The maximum absolute atomic E-state index is 2.32. The molecule has 0 unspecified atom stereocenters. The van der Waals surface area contributed by atoms with Gasteiger partial charge in [-0.3, -0.25) is 9.41 Å². The predicted molar refractivity (Wildman–Crippen MR) is 57.9 cm³/mol. The molecule has 0 aromatic rings. The average molecular weight is 377 g/mol. The first kappa shape index (κ1) is 14.7. The van der Waals surface area contributed by atoms with Gasteiger partial charge in [-0.2, -0.15) is 0 Å². The number of rotatable bonds is 2. The summed E-state index contributed by atoms with van der Waals surface area (Å²) in [5.74, 6) is 0. The first-order chi connectivity index (χ1) is 6.27. The van der Waals surface area contributed by atoms with E-state index < -0.39 is 22.9 Å². The molecule has 0 spiro atoms. The van der Waals surface area contributed by atoms with Gasteiger partial charge in [-0.25, -0.2) is 0 Å². The molecule has 0 heterocycles. The Balaban J connectivity index is 0.000000980. The average Bonchev–Trinajstić information content (AvgIpc) is 2.65. The SMILES string of the molecule is CC1=[C]([Hf][C]2=C(C)C=CC2)CC=C1.F.F. The normalized spacial score (nSPS) is 18.0. The van der Waals surface area contributed by atoms with E-state index in [9.17, 15) is 0 Å². The van der Waals surface area contributed by atoms with Crippen LogP contribution in [0.15, 0.2) is 42.1 Å². The fourth-order valence-corrected chi connectivity index (χ4v) is 6.62. The quantitative estimate of drug-likeness (QED) is 0.642. The molecular formula is C12H16F2Hf. The summed E-state index contributed by atoms with van der Waals surface area (Å²) < 4.78 is 3.61. The van der Waals surface area contributed by atoms with Crippen molar-refractivity contribution in [1.82, 2.24) is 0 Å². The Morgan fingerprint density at radius 3 is 1.53 bits per heavy atom. The van der Waals surface area contributed by atoms with Crippen LogP contribution in [-0.2, 0) is 22.9 Å². The number of hydrogen-bond acceptors (Lipinski definition) is 0. The van der Waals surface area contributed by atoms with Crippen molar-refractivity contribution in [2.75, 3.05) is 0 Å². The largest absolute Gasteiger partial charge is 0.269 e. The van der Waals surface area contributed by atoms with Crippen molar-refractivity contribution in [3.63, 3.8) is 0 Å². The molecule has 0 N–H and O–H groups in total. The van der Waals surface area contributed by atoms with Crippen LogP contribution in [0, 0.1) is 0 Å². The number of hydrogen-bond donors (Lipinski definition) is 0. The van der Waals surface area contributed by atoms with E-state index in [0.29, 0.717) is 0 Å². The van der Waals surface area contributed by atoms with E-state index in [1.54, 1.807) is 17.8 Å². The van der Waals surface area contributed by atoms with Gasteiger partial charge in [0.15, 0.2) is 0 Å². The van der Waals surface area contributed by atoms with Gasteiger partial charge >= 0.3 is 91.7 Å². The Hall–Kier alpha value is -0.310. The number of allylic oxidation sites excluding steroid dienone is 8. The summed E-state index contributed by atoms with van der Waals surface area (Å²) in [6.07, 6.45) is 11.7. The Morgan fingerprint density at radius 1 is 0.867 bits per heavy atom. The first-order valence-electron chi connectivity index (χ1n) is 4.77. The van der Waals surface area contributed by atoms with Crippen LogP contribution in [0.4, 0.5) is 9.41 Å². The van der Waals surface area contributed by atoms with Crippen LogP contribution < -0.4 is 0 Å². The molecule has 15 heavy (non-hydrogen) atoms. The Morgan fingerprint density at radius 2 is 1.27 bits per heavy atom. The van der Waals surface area contributed by atoms with Crippen LogP contribution in [0.3, 0.4) is 0 Å². The van der Waals surface area contributed by atoms with Gasteiger partial charge in [0.1, 0.15) is 0 Å². The summed E-state index contributed by atoms with van der Waals surface area (Å²) in [4.78, 5) is 0. The molecule has 2 aliphatic rings. The van der Waals surface area contributed by atoms with Gasteiger partial charge in [0.25, 0.3) is 0 Å². The van der Waals surface area contributed by atoms with Crippen LogP contribution >= 0.6 is 0 Å². The van der Waals surface area contributed by atoms with Crippen molar-refractivity contribution in [3.8, 4) is 0 Å². The van der Waals surface area contributed by atoms with Crippen molar-refractivity contribution in [2.45, 2.75) is 26.7 Å². The first-order valence-corrected chi connectivity index (χ1v) is 8.36. The van der Waals surface area contributed by atoms with Gasteiger partial charge in [0.05, 0.1) is 0 Å². The molecular weight excluding hydrogens is 361 g/mol. The second kappa shape index (κ2) is 6.31. The van der Waals surface area contributed by atoms with E-state index in [-0.39, 0.29) is 9.41 Å². The summed E-state index contributed by atoms with van der Waals surface area (Å²) in [5.41, 5.74) is 3.13. The fraction of sp³-hybridized carbons (Fsp3) is 0.333. The van der Waals surface area contributed by atoms with E-state index >= 15 is 0 Å². The molecule has 0 aromatic heterocycles. The van der Waals surface area contributed by atoms with Gasteiger partial charge in [-0.05, 0) is 0 Å². The van der Waals surface area contributed by atoms with E-state index in [2.05, 4.69) is 38.2 Å². The third kappa shape index (κ3) is 3.33. The maximum Gasteiger partial charge on any atom is -0.269 e. The number of halogens is 2. The van der Waals surface area contributed by atoms with Crippen LogP contribution in [0.2, 0.25) is 0 Å². The van der Waals surface area contributed by atoms with Crippen molar-refractivity contribution >= 4 is 0 Å². The second-order valence-corrected chi connectivity index (χ2v) is 8.90. The zero-order chi connectivity index (χ0) is 9.26. The predicted octanol–water partition coefficient (Wildman–Crippen LogP) is 3.84. The minimum atomic E-state index is -0.612. The van der Waals surface area contributed by atoms with Crippen LogP contribution in [0.1, 0.15) is 26.7 Å². The van der Waals surface area contributed by atoms with Crippen LogP contribution in [-0.4, -0.2) is 0 Å². The maximum atomic E-state index is 2.32. The van der Waals surface area contributed by atoms with E-state index in [1.165, 1.54) is 12.8 Å². The molecule has 0 saturated heterocycles. The molecule has 0 saturated carbocycles. The van der Waals surface area contributed by atoms with Gasteiger partial charge in [-0.15, -0.1) is 0 Å². The van der Waals surface area contributed by atoms with Gasteiger partial charge in [0.2, 0.25) is 0 Å². The Kier molecular flexibility index (Phi) is 6.18. The zero-order valence-corrected chi connectivity index (χ0v) is 12.6. The Labute approximate surface area is 101 Å². The van der Waals surface area contributed by atoms with Crippen LogP contribution in [0.25, 0.3) is 0 Å². The fourth-order valence-electron chi connectivity index (χ4n) is 1.71. The van der Waals surface area contributed by atoms with Crippen molar-refractivity contribution in [2.24, 2.45) is 0 Å². The topological polar surface area (TPSA) is 0 Å². The molecule has 2 aliphatic carbocycles. The minimum absolute atomic E-state index is 0. The molecule has 0 radical (unpaired) electrons. The zero-order valence-electron chi connectivity index (χ0n) is 9.04. The van der Waals surface area contributed by atoms with Crippen molar-refractivity contribution in [3.05, 3.63) is 42.1 Å². The molecule has 0 bridgehead atoms. The molecule has 0 nitrogen and oxygen atoms in total. The Bertz CT molecular complexity index is 315. The second-order valence-electron chi connectivity index (χ2n) is 3.66. The van der Waals surface area contributed by atoms with Crippen molar-refractivity contribution in [1.29, 1.82) is 0 Å². The summed E-state index contributed by atoms with van der Waals surface area (Å²) >= 11 is -0.612. The molecule has 0 aliphatic heterocycles. The minimum Gasteiger partial charge on any atom is -0.269 e. The standard InChI is InChI=1S/2C6H7.2FH.Hf/c2*1-6-4-2-3-5-6;;;/h2*2,4H,3H2,1H3;2*1H;.